The lowest BCUT2D eigenvalue weighted by Gasteiger charge is -2.18. The van der Waals surface area contributed by atoms with Gasteiger partial charge in [-0.2, -0.15) is 0 Å². The lowest BCUT2D eigenvalue weighted by Crippen LogP contribution is -2.21. The topological polar surface area (TPSA) is 46.4 Å². The van der Waals surface area contributed by atoms with Gasteiger partial charge in [0.05, 0.1) is 35.8 Å². The molecule has 1 aliphatic rings. The minimum absolute atomic E-state index is 0.699. The summed E-state index contributed by atoms with van der Waals surface area (Å²) in [6.45, 7) is 0.793. The minimum Gasteiger partial charge on any atom is -0.456 e. The Morgan fingerprint density at radius 3 is 2.53 bits per heavy atom. The van der Waals surface area contributed by atoms with Crippen molar-refractivity contribution in [3.05, 3.63) is 97.7 Å². The normalized spacial score (nSPS) is 13.4. The molecule has 0 fully saturated rings. The summed E-state index contributed by atoms with van der Waals surface area (Å²) in [7, 11) is 2.04. The number of aromatic nitrogens is 3. The van der Waals surface area contributed by atoms with Crippen LogP contribution in [0.3, 0.4) is 0 Å². The van der Waals surface area contributed by atoms with Crippen LogP contribution >= 0.6 is 0 Å². The first-order valence-electron chi connectivity index (χ1n) is 10.5. The average molecular weight is 419 g/mol. The molecule has 5 aromatic rings. The third-order valence-electron chi connectivity index (χ3n) is 5.67. The highest BCUT2D eigenvalue weighted by Gasteiger charge is 2.15. The molecule has 0 unspecified atom stereocenters. The fraction of sp³-hybridized carbons (Fsp3) is 0.0769. The Bertz CT molecular complexity index is 1460. The largest absolute Gasteiger partial charge is 0.456 e. The Morgan fingerprint density at radius 2 is 1.69 bits per heavy atom. The standard InChI is InChI=1S/C26H21N5O/c1-29-12-13-30(18-29)19-14-21(17-27-16-19)32-20-9-10-23-22-6-2-3-7-24(22)31(25(23)15-20)26-8-4-5-11-28-26/h2-17H,18H2,1H3. The van der Waals surface area contributed by atoms with Crippen molar-refractivity contribution in [3.8, 4) is 17.3 Å². The van der Waals surface area contributed by atoms with Crippen LogP contribution in [0.25, 0.3) is 27.6 Å². The van der Waals surface area contributed by atoms with Crippen LogP contribution < -0.4 is 9.64 Å². The minimum atomic E-state index is 0.699. The SMILES string of the molecule is CN1C=CN(c2cncc(Oc3ccc4c5ccccc5n(-c5ccccn5)c4c3)c2)C1. The van der Waals surface area contributed by atoms with Crippen molar-refractivity contribution in [2.75, 3.05) is 18.6 Å². The third-order valence-corrected chi connectivity index (χ3v) is 5.67. The molecule has 4 heterocycles. The van der Waals surface area contributed by atoms with Crippen molar-refractivity contribution in [1.82, 2.24) is 19.4 Å². The monoisotopic (exact) mass is 419 g/mol. The number of para-hydroxylation sites is 1. The molecule has 156 valence electrons. The summed E-state index contributed by atoms with van der Waals surface area (Å²) in [5.41, 5.74) is 3.16. The maximum Gasteiger partial charge on any atom is 0.147 e. The maximum absolute atomic E-state index is 6.24. The first kappa shape index (κ1) is 18.4. The van der Waals surface area contributed by atoms with E-state index in [9.17, 15) is 0 Å². The number of nitrogens with zero attached hydrogens (tertiary/aromatic N) is 5. The van der Waals surface area contributed by atoms with Gasteiger partial charge in [0.15, 0.2) is 0 Å². The van der Waals surface area contributed by atoms with Crippen LogP contribution in [0.2, 0.25) is 0 Å². The van der Waals surface area contributed by atoms with Gasteiger partial charge < -0.3 is 14.5 Å². The zero-order valence-electron chi connectivity index (χ0n) is 17.6. The molecule has 6 rings (SSSR count). The van der Waals surface area contributed by atoms with E-state index in [1.807, 2.05) is 62.2 Å². The van der Waals surface area contributed by atoms with E-state index in [-0.39, 0.29) is 0 Å². The van der Waals surface area contributed by atoms with Crippen LogP contribution in [-0.4, -0.2) is 33.2 Å². The molecule has 1 aliphatic heterocycles. The number of benzene rings is 2. The van der Waals surface area contributed by atoms with Crippen LogP contribution in [0.15, 0.2) is 97.7 Å². The van der Waals surface area contributed by atoms with E-state index in [1.54, 1.807) is 6.20 Å². The molecule has 0 saturated carbocycles. The summed E-state index contributed by atoms with van der Waals surface area (Å²) in [6, 6.07) is 22.5. The van der Waals surface area contributed by atoms with Gasteiger partial charge in [0, 0.05) is 48.5 Å². The van der Waals surface area contributed by atoms with Crippen LogP contribution in [-0.2, 0) is 0 Å². The zero-order chi connectivity index (χ0) is 21.5. The predicted molar refractivity (Wildman–Crippen MR) is 127 cm³/mol. The van der Waals surface area contributed by atoms with Crippen molar-refractivity contribution in [2.24, 2.45) is 0 Å². The molecule has 6 heteroatoms. The van der Waals surface area contributed by atoms with Gasteiger partial charge in [-0.3, -0.25) is 9.55 Å². The molecule has 6 nitrogen and oxygen atoms in total. The molecule has 0 amide bonds. The van der Waals surface area contributed by atoms with Crippen molar-refractivity contribution >= 4 is 27.5 Å². The molecule has 2 aromatic carbocycles. The van der Waals surface area contributed by atoms with Gasteiger partial charge in [0.2, 0.25) is 0 Å². The number of ether oxygens (including phenoxy) is 1. The lowest BCUT2D eigenvalue weighted by molar-refractivity contribution is 0.479. The van der Waals surface area contributed by atoms with E-state index in [0.717, 1.165) is 40.3 Å². The lowest BCUT2D eigenvalue weighted by atomic mass is 10.1. The van der Waals surface area contributed by atoms with E-state index in [0.29, 0.717) is 5.75 Å². The molecule has 0 spiro atoms. The van der Waals surface area contributed by atoms with Gasteiger partial charge in [-0.05, 0) is 30.3 Å². The summed E-state index contributed by atoms with van der Waals surface area (Å²) < 4.78 is 8.42. The van der Waals surface area contributed by atoms with Gasteiger partial charge in [-0.1, -0.05) is 24.3 Å². The maximum atomic E-state index is 6.24. The Labute approximate surface area is 185 Å². The van der Waals surface area contributed by atoms with E-state index in [1.165, 1.54) is 5.39 Å². The van der Waals surface area contributed by atoms with Crippen molar-refractivity contribution < 1.29 is 4.74 Å². The molecule has 0 radical (unpaired) electrons. The van der Waals surface area contributed by atoms with Crippen molar-refractivity contribution in [2.45, 2.75) is 0 Å². The first-order valence-corrected chi connectivity index (χ1v) is 10.5. The summed E-state index contributed by atoms with van der Waals surface area (Å²) in [6.07, 6.45) is 9.48. The quantitative estimate of drug-likeness (QED) is 0.382. The number of hydrogen-bond donors (Lipinski definition) is 0. The summed E-state index contributed by atoms with van der Waals surface area (Å²) in [5.74, 6) is 2.33. The first-order chi connectivity index (χ1) is 15.8. The van der Waals surface area contributed by atoms with Gasteiger partial charge in [-0.25, -0.2) is 4.98 Å². The highest BCUT2D eigenvalue weighted by Crippen LogP contribution is 2.35. The van der Waals surface area contributed by atoms with Gasteiger partial charge in [0.25, 0.3) is 0 Å². The van der Waals surface area contributed by atoms with Crippen molar-refractivity contribution in [1.29, 1.82) is 0 Å². The Hall–Kier alpha value is -4.32. The summed E-state index contributed by atoms with van der Waals surface area (Å²) >= 11 is 0. The zero-order valence-corrected chi connectivity index (χ0v) is 17.6. The second-order valence-corrected chi connectivity index (χ2v) is 7.87. The molecular weight excluding hydrogens is 398 g/mol. The molecule has 32 heavy (non-hydrogen) atoms. The molecule has 0 N–H and O–H groups in total. The Balaban J connectivity index is 1.43. The van der Waals surface area contributed by atoms with Crippen molar-refractivity contribution in [3.63, 3.8) is 0 Å². The molecule has 0 saturated heterocycles. The fourth-order valence-corrected chi connectivity index (χ4v) is 4.20. The molecule has 3 aromatic heterocycles. The van der Waals surface area contributed by atoms with Gasteiger partial charge >= 0.3 is 0 Å². The van der Waals surface area contributed by atoms with Crippen LogP contribution in [0.1, 0.15) is 0 Å². The second-order valence-electron chi connectivity index (χ2n) is 7.87. The number of rotatable bonds is 4. The highest BCUT2D eigenvalue weighted by molar-refractivity contribution is 6.09. The van der Waals surface area contributed by atoms with E-state index < -0.39 is 0 Å². The Morgan fingerprint density at radius 1 is 0.812 bits per heavy atom. The number of fused-ring (bicyclic) bond motifs is 3. The second kappa shape index (κ2) is 7.42. The van der Waals surface area contributed by atoms with Crippen LogP contribution in [0.5, 0.6) is 11.5 Å². The summed E-state index contributed by atoms with van der Waals surface area (Å²) in [4.78, 5) is 13.2. The third kappa shape index (κ3) is 3.13. The van der Waals surface area contributed by atoms with Crippen LogP contribution in [0, 0.1) is 0 Å². The van der Waals surface area contributed by atoms with Gasteiger partial charge in [-0.15, -0.1) is 0 Å². The smallest absolute Gasteiger partial charge is 0.147 e. The number of anilines is 1. The van der Waals surface area contributed by atoms with E-state index in [4.69, 9.17) is 4.74 Å². The Kier molecular flexibility index (Phi) is 4.28. The number of pyridine rings is 2. The molecule has 0 bridgehead atoms. The van der Waals surface area contributed by atoms with Crippen LogP contribution in [0.4, 0.5) is 5.69 Å². The van der Waals surface area contributed by atoms with Gasteiger partial charge in [0.1, 0.15) is 17.3 Å². The molecular formula is C26H21N5O. The average Bonchev–Trinajstić information content (AvgIpc) is 3.41. The molecule has 0 aliphatic carbocycles. The fourth-order valence-electron chi connectivity index (χ4n) is 4.20. The van der Waals surface area contributed by atoms with E-state index in [2.05, 4.69) is 60.7 Å². The predicted octanol–water partition coefficient (Wildman–Crippen LogP) is 5.55. The summed E-state index contributed by atoms with van der Waals surface area (Å²) in [5, 5.41) is 2.35. The highest BCUT2D eigenvalue weighted by atomic mass is 16.5. The number of hydrogen-bond acceptors (Lipinski definition) is 5. The van der Waals surface area contributed by atoms with E-state index >= 15 is 0 Å². The molecule has 0 atom stereocenters.